The second kappa shape index (κ2) is 4.58. The molecule has 4 heteroatoms. The highest BCUT2D eigenvalue weighted by Crippen LogP contribution is 2.33. The Kier molecular flexibility index (Phi) is 3.46. The Bertz CT molecular complexity index is 294. The Hall–Kier alpha value is -0.610. The molecule has 1 saturated heterocycles. The summed E-state index contributed by atoms with van der Waals surface area (Å²) in [5, 5.41) is 9.24. The van der Waals surface area contributed by atoms with E-state index in [4.69, 9.17) is 4.74 Å². The highest BCUT2D eigenvalue weighted by Gasteiger charge is 2.40. The number of aliphatic carboxylic acids is 1. The average molecular weight is 241 g/mol. The van der Waals surface area contributed by atoms with Crippen molar-refractivity contribution in [3.05, 3.63) is 0 Å². The summed E-state index contributed by atoms with van der Waals surface area (Å²) < 4.78 is 5.91. The highest BCUT2D eigenvalue weighted by atomic mass is 16.5. The molecule has 2 fully saturated rings. The molecule has 98 valence electrons. The maximum atomic E-state index is 11.2. The number of rotatable bonds is 4. The molecule has 4 nitrogen and oxygen atoms in total. The van der Waals surface area contributed by atoms with Gasteiger partial charge in [0.2, 0.25) is 0 Å². The first-order valence-electron chi connectivity index (χ1n) is 6.50. The van der Waals surface area contributed by atoms with Crippen molar-refractivity contribution >= 4 is 5.97 Å². The third-order valence-corrected chi connectivity index (χ3v) is 3.36. The molecule has 1 aliphatic heterocycles. The topological polar surface area (TPSA) is 49.8 Å². The molecule has 2 aliphatic rings. The van der Waals surface area contributed by atoms with Crippen molar-refractivity contribution < 1.29 is 14.6 Å². The first-order valence-corrected chi connectivity index (χ1v) is 6.50. The molecular weight excluding hydrogens is 218 g/mol. The van der Waals surface area contributed by atoms with E-state index in [1.807, 2.05) is 20.8 Å². The third kappa shape index (κ3) is 3.68. The highest BCUT2D eigenvalue weighted by molar-refractivity contribution is 5.74. The number of carbonyl (C=O) groups is 1. The monoisotopic (exact) mass is 241 g/mol. The van der Waals surface area contributed by atoms with Gasteiger partial charge in [-0.2, -0.15) is 0 Å². The van der Waals surface area contributed by atoms with Crippen molar-refractivity contribution in [2.75, 3.05) is 13.1 Å². The van der Waals surface area contributed by atoms with Crippen LogP contribution in [0, 0.1) is 5.92 Å². The van der Waals surface area contributed by atoms with E-state index in [-0.39, 0.29) is 17.7 Å². The molecule has 1 saturated carbocycles. The lowest BCUT2D eigenvalue weighted by Crippen LogP contribution is -2.37. The molecule has 0 aromatic rings. The SMILES string of the molecule is CC(C)(C)O[C@@H]1C[C@@H](C(=O)O)N(CC2CC2)C1. The Morgan fingerprint density at radius 2 is 2.06 bits per heavy atom. The minimum absolute atomic E-state index is 0.0647. The summed E-state index contributed by atoms with van der Waals surface area (Å²) in [4.78, 5) is 13.3. The summed E-state index contributed by atoms with van der Waals surface area (Å²) in [5.74, 6) is 0.0240. The summed E-state index contributed by atoms with van der Waals surface area (Å²) in [6, 6.07) is -0.344. The summed E-state index contributed by atoms with van der Waals surface area (Å²) in [5.41, 5.74) is -0.191. The van der Waals surface area contributed by atoms with Gasteiger partial charge in [0.15, 0.2) is 0 Å². The van der Waals surface area contributed by atoms with E-state index in [1.54, 1.807) is 0 Å². The first-order chi connectivity index (χ1) is 7.85. The number of likely N-dealkylation sites (tertiary alicyclic amines) is 1. The fourth-order valence-electron chi connectivity index (χ4n) is 2.54. The van der Waals surface area contributed by atoms with Crippen LogP contribution in [0.2, 0.25) is 0 Å². The van der Waals surface area contributed by atoms with Crippen molar-refractivity contribution in [1.82, 2.24) is 4.90 Å². The standard InChI is InChI=1S/C13H23NO3/c1-13(2,3)17-10-6-11(12(15)16)14(8-10)7-9-4-5-9/h9-11H,4-8H2,1-3H3,(H,15,16)/t10-,11+/m1/s1. The normalized spacial score (nSPS) is 30.8. The van der Waals surface area contributed by atoms with E-state index >= 15 is 0 Å². The molecular formula is C13H23NO3. The van der Waals surface area contributed by atoms with Gasteiger partial charge in [0, 0.05) is 19.5 Å². The van der Waals surface area contributed by atoms with Crippen molar-refractivity contribution in [3.63, 3.8) is 0 Å². The van der Waals surface area contributed by atoms with Gasteiger partial charge >= 0.3 is 5.97 Å². The van der Waals surface area contributed by atoms with Crippen LogP contribution in [0.3, 0.4) is 0 Å². The van der Waals surface area contributed by atoms with Crippen LogP contribution in [0.5, 0.6) is 0 Å². The van der Waals surface area contributed by atoms with E-state index in [0.717, 1.165) is 19.0 Å². The minimum Gasteiger partial charge on any atom is -0.480 e. The van der Waals surface area contributed by atoms with Crippen molar-refractivity contribution in [2.45, 2.75) is 57.8 Å². The number of carboxylic acids is 1. The summed E-state index contributed by atoms with van der Waals surface area (Å²) in [7, 11) is 0. The fourth-order valence-corrected chi connectivity index (χ4v) is 2.54. The minimum atomic E-state index is -0.703. The number of carboxylic acid groups (broad SMARTS) is 1. The molecule has 0 radical (unpaired) electrons. The summed E-state index contributed by atoms with van der Waals surface area (Å²) >= 11 is 0. The van der Waals surface area contributed by atoms with Crippen molar-refractivity contribution in [1.29, 1.82) is 0 Å². The molecule has 0 unspecified atom stereocenters. The van der Waals surface area contributed by atoms with Crippen LogP contribution in [0.1, 0.15) is 40.0 Å². The number of ether oxygens (including phenoxy) is 1. The lowest BCUT2D eigenvalue weighted by atomic mass is 10.1. The van der Waals surface area contributed by atoms with Gasteiger partial charge in [-0.1, -0.05) is 0 Å². The smallest absolute Gasteiger partial charge is 0.321 e. The molecule has 0 bridgehead atoms. The van der Waals surface area contributed by atoms with Gasteiger partial charge in [0.25, 0.3) is 0 Å². The zero-order valence-corrected chi connectivity index (χ0v) is 11.0. The van der Waals surface area contributed by atoms with Crippen molar-refractivity contribution in [2.24, 2.45) is 5.92 Å². The second-order valence-corrected chi connectivity index (χ2v) is 6.34. The van der Waals surface area contributed by atoms with Crippen LogP contribution in [0.25, 0.3) is 0 Å². The Morgan fingerprint density at radius 1 is 1.41 bits per heavy atom. The molecule has 1 aliphatic carbocycles. The molecule has 0 amide bonds. The molecule has 0 aromatic carbocycles. The zero-order chi connectivity index (χ0) is 12.6. The molecule has 2 rings (SSSR count). The van der Waals surface area contributed by atoms with Crippen LogP contribution in [0.4, 0.5) is 0 Å². The second-order valence-electron chi connectivity index (χ2n) is 6.34. The van der Waals surface area contributed by atoms with E-state index in [0.29, 0.717) is 6.42 Å². The molecule has 0 aromatic heterocycles. The van der Waals surface area contributed by atoms with Gasteiger partial charge in [-0.15, -0.1) is 0 Å². The number of nitrogens with zero attached hydrogens (tertiary/aromatic N) is 1. The van der Waals surface area contributed by atoms with Gasteiger partial charge in [-0.25, -0.2) is 0 Å². The zero-order valence-electron chi connectivity index (χ0n) is 11.0. The number of hydrogen-bond acceptors (Lipinski definition) is 3. The Balaban J connectivity index is 1.93. The van der Waals surface area contributed by atoms with Crippen LogP contribution < -0.4 is 0 Å². The van der Waals surface area contributed by atoms with E-state index in [9.17, 15) is 9.90 Å². The predicted molar refractivity (Wildman–Crippen MR) is 65.0 cm³/mol. The summed E-state index contributed by atoms with van der Waals surface area (Å²) in [6.45, 7) is 7.76. The third-order valence-electron chi connectivity index (χ3n) is 3.36. The molecule has 1 heterocycles. The first kappa shape index (κ1) is 12.8. The largest absolute Gasteiger partial charge is 0.480 e. The van der Waals surface area contributed by atoms with E-state index in [2.05, 4.69) is 4.90 Å². The fraction of sp³-hybridized carbons (Fsp3) is 0.923. The summed E-state index contributed by atoms with van der Waals surface area (Å²) in [6.07, 6.45) is 3.20. The Labute approximate surface area is 103 Å². The lowest BCUT2D eigenvalue weighted by Gasteiger charge is -2.25. The maximum Gasteiger partial charge on any atom is 0.321 e. The van der Waals surface area contributed by atoms with Gasteiger partial charge in [0.05, 0.1) is 11.7 Å². The molecule has 0 spiro atoms. The van der Waals surface area contributed by atoms with Crippen LogP contribution in [-0.2, 0) is 9.53 Å². The molecule has 17 heavy (non-hydrogen) atoms. The maximum absolute atomic E-state index is 11.2. The quantitative estimate of drug-likeness (QED) is 0.814. The molecule has 2 atom stereocenters. The van der Waals surface area contributed by atoms with Crippen LogP contribution in [0.15, 0.2) is 0 Å². The van der Waals surface area contributed by atoms with Crippen molar-refractivity contribution in [3.8, 4) is 0 Å². The van der Waals surface area contributed by atoms with Gasteiger partial charge < -0.3 is 9.84 Å². The van der Waals surface area contributed by atoms with Gasteiger partial charge in [0.1, 0.15) is 6.04 Å². The number of hydrogen-bond donors (Lipinski definition) is 1. The molecule has 1 N–H and O–H groups in total. The predicted octanol–water partition coefficient (Wildman–Crippen LogP) is 1.74. The van der Waals surface area contributed by atoms with Crippen LogP contribution in [-0.4, -0.2) is 46.8 Å². The average Bonchev–Trinajstić information content (AvgIpc) is 2.85. The van der Waals surface area contributed by atoms with Crippen LogP contribution >= 0.6 is 0 Å². The van der Waals surface area contributed by atoms with E-state index in [1.165, 1.54) is 12.8 Å². The van der Waals surface area contributed by atoms with Gasteiger partial charge in [-0.3, -0.25) is 9.69 Å². The van der Waals surface area contributed by atoms with E-state index < -0.39 is 5.97 Å². The Morgan fingerprint density at radius 3 is 2.53 bits per heavy atom. The lowest BCUT2D eigenvalue weighted by molar-refractivity contribution is -0.142. The van der Waals surface area contributed by atoms with Gasteiger partial charge in [-0.05, 0) is 39.5 Å².